The van der Waals surface area contributed by atoms with Gasteiger partial charge in [-0.05, 0) is 31.3 Å². The van der Waals surface area contributed by atoms with E-state index in [0.29, 0.717) is 0 Å². The van der Waals surface area contributed by atoms with Crippen LogP contribution in [0.1, 0.15) is 0 Å². The molecule has 0 aliphatic carbocycles. The minimum absolute atomic E-state index is 0.778. The van der Waals surface area contributed by atoms with Crippen molar-refractivity contribution < 1.29 is 0 Å². The molecular formula is C17H21N7. The molecule has 4 rings (SSSR count). The van der Waals surface area contributed by atoms with Crippen LogP contribution in [0, 0.1) is 0 Å². The first-order valence-electron chi connectivity index (χ1n) is 8.14. The van der Waals surface area contributed by atoms with Crippen molar-refractivity contribution in [1.29, 1.82) is 0 Å². The first-order valence-corrected chi connectivity index (χ1v) is 8.14. The molecule has 0 atom stereocenters. The normalized spacial score (nSPS) is 15.8. The molecule has 0 radical (unpaired) electrons. The Kier molecular flexibility index (Phi) is 3.78. The number of likely N-dealkylation sites (N-methyl/N-ethyl adjacent to an activating group) is 1. The predicted molar refractivity (Wildman–Crippen MR) is 95.7 cm³/mol. The standard InChI is InChI=1S/C17H21N7/c1-22-7-9-24(10-8-22)14-5-3-13(4-6-14)21-16-15-11-20-23(2)17(15)19-12-18-16/h3-6,11-12H,7-10H2,1-2H3,(H,18,19,21). The molecular weight excluding hydrogens is 302 g/mol. The second-order valence-corrected chi connectivity index (χ2v) is 6.19. The van der Waals surface area contributed by atoms with Gasteiger partial charge in [-0.25, -0.2) is 9.97 Å². The van der Waals surface area contributed by atoms with Gasteiger partial charge in [0.2, 0.25) is 0 Å². The van der Waals surface area contributed by atoms with Gasteiger partial charge in [0.05, 0.1) is 11.6 Å². The summed E-state index contributed by atoms with van der Waals surface area (Å²) in [6.07, 6.45) is 3.35. The highest BCUT2D eigenvalue weighted by molar-refractivity contribution is 5.88. The SMILES string of the molecule is CN1CCN(c2ccc(Nc3ncnc4c3cnn4C)cc2)CC1. The Bertz CT molecular complexity index is 832. The summed E-state index contributed by atoms with van der Waals surface area (Å²) < 4.78 is 1.75. The number of fused-ring (bicyclic) bond motifs is 1. The molecule has 1 saturated heterocycles. The maximum atomic E-state index is 4.34. The molecule has 2 aromatic heterocycles. The second kappa shape index (κ2) is 6.09. The number of hydrogen-bond acceptors (Lipinski definition) is 6. The summed E-state index contributed by atoms with van der Waals surface area (Å²) in [7, 11) is 4.05. The third-order valence-electron chi connectivity index (χ3n) is 4.53. The van der Waals surface area contributed by atoms with Crippen LogP contribution in [0.5, 0.6) is 0 Å². The van der Waals surface area contributed by atoms with Crippen LogP contribution in [-0.4, -0.2) is 57.9 Å². The molecule has 24 heavy (non-hydrogen) atoms. The molecule has 0 bridgehead atoms. The van der Waals surface area contributed by atoms with E-state index in [-0.39, 0.29) is 0 Å². The minimum Gasteiger partial charge on any atom is -0.369 e. The minimum atomic E-state index is 0.778. The molecule has 0 saturated carbocycles. The van der Waals surface area contributed by atoms with Crippen molar-refractivity contribution in [3.63, 3.8) is 0 Å². The van der Waals surface area contributed by atoms with E-state index in [1.54, 1.807) is 17.2 Å². The van der Waals surface area contributed by atoms with E-state index in [1.165, 1.54) is 5.69 Å². The summed E-state index contributed by atoms with van der Waals surface area (Å²) in [6, 6.07) is 8.51. The van der Waals surface area contributed by atoms with Gasteiger partial charge >= 0.3 is 0 Å². The van der Waals surface area contributed by atoms with Crippen molar-refractivity contribution in [2.75, 3.05) is 43.4 Å². The summed E-state index contributed by atoms with van der Waals surface area (Å²) in [5.41, 5.74) is 3.10. The molecule has 0 spiro atoms. The lowest BCUT2D eigenvalue weighted by atomic mass is 10.2. The Balaban J connectivity index is 1.53. The third-order valence-corrected chi connectivity index (χ3v) is 4.53. The number of anilines is 3. The maximum absolute atomic E-state index is 4.34. The molecule has 7 nitrogen and oxygen atoms in total. The maximum Gasteiger partial charge on any atom is 0.163 e. The van der Waals surface area contributed by atoms with Crippen LogP contribution in [0.25, 0.3) is 11.0 Å². The zero-order valence-electron chi connectivity index (χ0n) is 14.0. The number of rotatable bonds is 3. The monoisotopic (exact) mass is 323 g/mol. The zero-order chi connectivity index (χ0) is 16.5. The molecule has 1 fully saturated rings. The molecule has 3 heterocycles. The summed E-state index contributed by atoms with van der Waals surface area (Å²) in [5.74, 6) is 0.778. The summed E-state index contributed by atoms with van der Waals surface area (Å²) >= 11 is 0. The van der Waals surface area contributed by atoms with Gasteiger partial charge in [0.1, 0.15) is 12.1 Å². The van der Waals surface area contributed by atoms with Crippen molar-refractivity contribution in [1.82, 2.24) is 24.6 Å². The lowest BCUT2D eigenvalue weighted by Gasteiger charge is -2.34. The fraction of sp³-hybridized carbons (Fsp3) is 0.353. The fourth-order valence-electron chi connectivity index (χ4n) is 3.02. The van der Waals surface area contributed by atoms with Crippen molar-refractivity contribution in [2.45, 2.75) is 0 Å². The average Bonchev–Trinajstić information content (AvgIpc) is 2.99. The van der Waals surface area contributed by atoms with Crippen molar-refractivity contribution >= 4 is 28.2 Å². The van der Waals surface area contributed by atoms with E-state index in [0.717, 1.165) is 48.7 Å². The molecule has 0 amide bonds. The third kappa shape index (κ3) is 2.78. The average molecular weight is 323 g/mol. The van der Waals surface area contributed by atoms with Gasteiger partial charge in [0.15, 0.2) is 5.65 Å². The van der Waals surface area contributed by atoms with Crippen molar-refractivity contribution in [2.24, 2.45) is 7.05 Å². The van der Waals surface area contributed by atoms with Crippen LogP contribution in [0.15, 0.2) is 36.8 Å². The number of aromatic nitrogens is 4. The molecule has 3 aromatic rings. The van der Waals surface area contributed by atoms with Gasteiger partial charge in [0, 0.05) is 44.6 Å². The zero-order valence-corrected chi connectivity index (χ0v) is 14.0. The number of piperazine rings is 1. The highest BCUT2D eigenvalue weighted by atomic mass is 15.3. The summed E-state index contributed by atoms with van der Waals surface area (Å²) in [4.78, 5) is 13.4. The number of hydrogen-bond donors (Lipinski definition) is 1. The summed E-state index contributed by atoms with van der Waals surface area (Å²) in [5, 5.41) is 8.53. The van der Waals surface area contributed by atoms with Gasteiger partial charge in [0.25, 0.3) is 0 Å². The van der Waals surface area contributed by atoms with Gasteiger partial charge in [-0.3, -0.25) is 4.68 Å². The lowest BCUT2D eigenvalue weighted by molar-refractivity contribution is 0.313. The molecule has 1 N–H and O–H groups in total. The highest BCUT2D eigenvalue weighted by Gasteiger charge is 2.14. The van der Waals surface area contributed by atoms with Crippen LogP contribution in [-0.2, 0) is 7.05 Å². The molecule has 124 valence electrons. The van der Waals surface area contributed by atoms with Crippen molar-refractivity contribution in [3.05, 3.63) is 36.8 Å². The predicted octanol–water partition coefficient (Wildman–Crippen LogP) is 1.86. The van der Waals surface area contributed by atoms with Gasteiger partial charge in [-0.1, -0.05) is 0 Å². The van der Waals surface area contributed by atoms with Gasteiger partial charge in [-0.15, -0.1) is 0 Å². The van der Waals surface area contributed by atoms with E-state index in [9.17, 15) is 0 Å². The Hall–Kier alpha value is -2.67. The molecule has 0 unspecified atom stereocenters. The van der Waals surface area contributed by atoms with Gasteiger partial charge in [-0.2, -0.15) is 5.10 Å². The number of nitrogens with zero attached hydrogens (tertiary/aromatic N) is 6. The molecule has 1 aliphatic rings. The number of benzene rings is 1. The van der Waals surface area contributed by atoms with Crippen LogP contribution in [0.3, 0.4) is 0 Å². The van der Waals surface area contributed by atoms with E-state index >= 15 is 0 Å². The first-order chi connectivity index (χ1) is 11.7. The fourth-order valence-corrected chi connectivity index (χ4v) is 3.02. The van der Waals surface area contributed by atoms with Crippen LogP contribution in [0.2, 0.25) is 0 Å². The lowest BCUT2D eigenvalue weighted by Crippen LogP contribution is -2.44. The van der Waals surface area contributed by atoms with Crippen LogP contribution < -0.4 is 10.2 Å². The number of nitrogens with one attached hydrogen (secondary N) is 1. The van der Waals surface area contributed by atoms with E-state index in [2.05, 4.69) is 61.5 Å². The van der Waals surface area contributed by atoms with Crippen LogP contribution in [0.4, 0.5) is 17.2 Å². The van der Waals surface area contributed by atoms with Gasteiger partial charge < -0.3 is 15.1 Å². The quantitative estimate of drug-likeness (QED) is 0.794. The first kappa shape index (κ1) is 14.9. The number of aryl methyl sites for hydroxylation is 1. The molecule has 7 heteroatoms. The van der Waals surface area contributed by atoms with E-state index in [4.69, 9.17) is 0 Å². The Morgan fingerprint density at radius 2 is 1.71 bits per heavy atom. The van der Waals surface area contributed by atoms with E-state index in [1.807, 2.05) is 7.05 Å². The second-order valence-electron chi connectivity index (χ2n) is 6.19. The van der Waals surface area contributed by atoms with Crippen molar-refractivity contribution in [3.8, 4) is 0 Å². The largest absolute Gasteiger partial charge is 0.369 e. The van der Waals surface area contributed by atoms with Crippen LogP contribution >= 0.6 is 0 Å². The Morgan fingerprint density at radius 1 is 0.958 bits per heavy atom. The Labute approximate surface area is 140 Å². The molecule has 1 aliphatic heterocycles. The highest BCUT2D eigenvalue weighted by Crippen LogP contribution is 2.24. The smallest absolute Gasteiger partial charge is 0.163 e. The Morgan fingerprint density at radius 3 is 2.46 bits per heavy atom. The summed E-state index contributed by atoms with van der Waals surface area (Å²) in [6.45, 7) is 4.37. The van der Waals surface area contributed by atoms with E-state index < -0.39 is 0 Å². The molecule has 1 aromatic carbocycles. The topological polar surface area (TPSA) is 62.1 Å².